The Hall–Kier alpha value is -1.37. The van der Waals surface area contributed by atoms with E-state index in [1.165, 1.54) is 0 Å². The molecular weight excluding hydrogens is 405 g/mol. The summed E-state index contributed by atoms with van der Waals surface area (Å²) in [6, 6.07) is 1.83. The molecule has 4 aliphatic rings. The van der Waals surface area contributed by atoms with Crippen LogP contribution in [0.25, 0.3) is 0 Å². The summed E-state index contributed by atoms with van der Waals surface area (Å²) >= 11 is 0. The minimum atomic E-state index is -4.53. The number of hydrogen-bond donors (Lipinski definition) is 1. The maximum Gasteiger partial charge on any atom is 0.417 e. The van der Waals surface area contributed by atoms with Gasteiger partial charge in [0, 0.05) is 18.3 Å². The van der Waals surface area contributed by atoms with E-state index in [-0.39, 0.29) is 35.9 Å². The summed E-state index contributed by atoms with van der Waals surface area (Å²) in [6.45, 7) is 2.62. The van der Waals surface area contributed by atoms with Crippen LogP contribution in [0, 0.1) is 40.9 Å². The zero-order chi connectivity index (χ0) is 22.0. The van der Waals surface area contributed by atoms with Crippen LogP contribution < -0.4 is 0 Å². The number of halogens is 3. The Morgan fingerprint density at radius 1 is 1.10 bits per heavy atom. The number of hydrogen-bond acceptors (Lipinski definition) is 3. The van der Waals surface area contributed by atoms with Crippen molar-refractivity contribution in [2.75, 3.05) is 0 Å². The number of carbonyl (C=O) groups is 1. The zero-order valence-electron chi connectivity index (χ0n) is 18.2. The second-order valence-corrected chi connectivity index (χ2v) is 11.1. The molecule has 0 saturated heterocycles. The van der Waals surface area contributed by atoms with Crippen LogP contribution in [-0.2, 0) is 11.3 Å². The predicted octanol–water partition coefficient (Wildman–Crippen LogP) is 5.01. The van der Waals surface area contributed by atoms with Crippen LogP contribution in [0.1, 0.15) is 64.7 Å². The number of nitrogens with zero attached hydrogens (tertiary/aromatic N) is 2. The normalized spacial score (nSPS) is 44.9. The number of aromatic nitrogens is 2. The lowest BCUT2D eigenvalue weighted by Gasteiger charge is -2.57. The summed E-state index contributed by atoms with van der Waals surface area (Å²) in [7, 11) is 0. The molecular formula is C24H33F3N2O2. The van der Waals surface area contributed by atoms with Crippen LogP contribution in [0.15, 0.2) is 18.5 Å². The van der Waals surface area contributed by atoms with Crippen molar-refractivity contribution in [2.45, 2.75) is 83.0 Å². The van der Waals surface area contributed by atoms with E-state index in [1.807, 2.05) is 12.3 Å². The molecule has 172 valence electrons. The Labute approximate surface area is 181 Å². The lowest BCUT2D eigenvalue weighted by atomic mass is 9.49. The number of rotatable bonds is 3. The second kappa shape index (κ2) is 7.32. The number of Topliss-reactive ketones (excluding diaryl/α,β-unsaturated/α-hetero) is 1. The third-order valence-electron chi connectivity index (χ3n) is 9.80. The van der Waals surface area contributed by atoms with Crippen LogP contribution in [0.3, 0.4) is 0 Å². The quantitative estimate of drug-likeness (QED) is 0.721. The minimum absolute atomic E-state index is 0.000384. The smallest absolute Gasteiger partial charge is 0.380 e. The molecule has 1 aromatic heterocycles. The van der Waals surface area contributed by atoms with Crippen LogP contribution in [0.5, 0.6) is 0 Å². The van der Waals surface area contributed by atoms with Crippen molar-refractivity contribution in [2.24, 2.45) is 40.9 Å². The molecule has 0 amide bonds. The van der Waals surface area contributed by atoms with Gasteiger partial charge >= 0.3 is 6.18 Å². The highest BCUT2D eigenvalue weighted by molar-refractivity contribution is 5.82. The largest absolute Gasteiger partial charge is 0.417 e. The third kappa shape index (κ3) is 3.37. The van der Waals surface area contributed by atoms with E-state index in [0.29, 0.717) is 36.6 Å². The van der Waals surface area contributed by atoms with Gasteiger partial charge < -0.3 is 5.11 Å². The SMILES string of the molecule is CC12CCC3C4CCC(O)(C(F)(F)F)CC4CCC3C1CCC2C(=O)Cn1cccn1. The highest BCUT2D eigenvalue weighted by Crippen LogP contribution is 2.65. The fourth-order valence-corrected chi connectivity index (χ4v) is 8.33. The number of alkyl halides is 3. The van der Waals surface area contributed by atoms with Crippen molar-refractivity contribution in [1.29, 1.82) is 0 Å². The van der Waals surface area contributed by atoms with Crippen molar-refractivity contribution in [3.05, 3.63) is 18.5 Å². The van der Waals surface area contributed by atoms with Gasteiger partial charge in [-0.05, 0) is 98.9 Å². The van der Waals surface area contributed by atoms with Gasteiger partial charge in [-0.1, -0.05) is 6.92 Å². The predicted molar refractivity (Wildman–Crippen MR) is 109 cm³/mol. The van der Waals surface area contributed by atoms with Gasteiger partial charge in [-0.25, -0.2) is 0 Å². The van der Waals surface area contributed by atoms with E-state index in [1.54, 1.807) is 10.9 Å². The van der Waals surface area contributed by atoms with E-state index in [0.717, 1.165) is 38.5 Å². The number of carbonyl (C=O) groups excluding carboxylic acids is 1. The van der Waals surface area contributed by atoms with Gasteiger partial charge in [-0.2, -0.15) is 18.3 Å². The molecule has 4 fully saturated rings. The number of aliphatic hydroxyl groups is 1. The van der Waals surface area contributed by atoms with E-state index < -0.39 is 11.8 Å². The maximum absolute atomic E-state index is 13.4. The Morgan fingerprint density at radius 2 is 1.87 bits per heavy atom. The lowest BCUT2D eigenvalue weighted by Crippen LogP contribution is -2.55. The molecule has 1 heterocycles. The maximum atomic E-state index is 13.4. The highest BCUT2D eigenvalue weighted by atomic mass is 19.4. The van der Waals surface area contributed by atoms with E-state index in [9.17, 15) is 23.1 Å². The van der Waals surface area contributed by atoms with Gasteiger partial charge in [0.05, 0.1) is 6.54 Å². The van der Waals surface area contributed by atoms with Crippen LogP contribution in [0.2, 0.25) is 0 Å². The van der Waals surface area contributed by atoms with E-state index in [4.69, 9.17) is 0 Å². The third-order valence-corrected chi connectivity index (χ3v) is 9.80. The fourth-order valence-electron chi connectivity index (χ4n) is 8.33. The average molecular weight is 439 g/mol. The second-order valence-electron chi connectivity index (χ2n) is 11.1. The molecule has 1 N–H and O–H groups in total. The first-order valence-corrected chi connectivity index (χ1v) is 11.9. The fraction of sp³-hybridized carbons (Fsp3) is 0.833. The summed E-state index contributed by atoms with van der Waals surface area (Å²) < 4.78 is 41.9. The van der Waals surface area contributed by atoms with Gasteiger partial charge in [0.15, 0.2) is 11.4 Å². The Bertz CT molecular complexity index is 825. The zero-order valence-corrected chi connectivity index (χ0v) is 18.2. The average Bonchev–Trinajstić information content (AvgIpc) is 3.33. The molecule has 4 nitrogen and oxygen atoms in total. The molecule has 31 heavy (non-hydrogen) atoms. The number of fused-ring (bicyclic) bond motifs is 5. The van der Waals surface area contributed by atoms with Gasteiger partial charge in [0.1, 0.15) is 0 Å². The van der Waals surface area contributed by atoms with E-state index in [2.05, 4.69) is 12.0 Å². The molecule has 0 radical (unpaired) electrons. The summed E-state index contributed by atoms with van der Waals surface area (Å²) in [6.07, 6.45) is 4.88. The molecule has 4 aliphatic carbocycles. The molecule has 0 spiro atoms. The Morgan fingerprint density at radius 3 is 2.58 bits per heavy atom. The topological polar surface area (TPSA) is 55.1 Å². The molecule has 1 aromatic rings. The van der Waals surface area contributed by atoms with Gasteiger partial charge in [0.25, 0.3) is 0 Å². The molecule has 0 aromatic carbocycles. The molecule has 8 unspecified atom stereocenters. The van der Waals surface area contributed by atoms with Gasteiger partial charge in [-0.3, -0.25) is 9.48 Å². The van der Waals surface area contributed by atoms with Crippen molar-refractivity contribution < 1.29 is 23.1 Å². The van der Waals surface area contributed by atoms with E-state index >= 15 is 0 Å². The Balaban J connectivity index is 1.30. The highest BCUT2D eigenvalue weighted by Gasteiger charge is 2.62. The Kier molecular flexibility index (Phi) is 5.07. The number of ketones is 1. The molecule has 4 saturated carbocycles. The van der Waals surface area contributed by atoms with Crippen LogP contribution >= 0.6 is 0 Å². The first-order valence-electron chi connectivity index (χ1n) is 11.9. The first kappa shape index (κ1) is 21.5. The van der Waals surface area contributed by atoms with Crippen molar-refractivity contribution in [3.63, 3.8) is 0 Å². The van der Waals surface area contributed by atoms with Crippen molar-refractivity contribution in [3.8, 4) is 0 Å². The molecule has 5 rings (SSSR count). The monoisotopic (exact) mass is 438 g/mol. The molecule has 8 atom stereocenters. The molecule has 0 bridgehead atoms. The summed E-state index contributed by atoms with van der Waals surface area (Å²) in [4.78, 5) is 13.1. The van der Waals surface area contributed by atoms with Crippen LogP contribution in [-0.4, -0.2) is 32.4 Å². The van der Waals surface area contributed by atoms with Gasteiger partial charge in [0.2, 0.25) is 0 Å². The summed E-state index contributed by atoms with van der Waals surface area (Å²) in [5, 5.41) is 14.5. The minimum Gasteiger partial charge on any atom is -0.380 e. The summed E-state index contributed by atoms with van der Waals surface area (Å²) in [5.41, 5.74) is -2.50. The van der Waals surface area contributed by atoms with Crippen molar-refractivity contribution in [1.82, 2.24) is 9.78 Å². The standard InChI is InChI=1S/C24H33F3N2O2/c1-22-9-7-17-16-8-10-23(31,24(25,26)27)13-15(16)3-4-18(17)19(22)5-6-20(22)21(30)14-29-12-2-11-28-29/h2,11-12,15-20,31H,3-10,13-14H2,1H3. The van der Waals surface area contributed by atoms with Crippen molar-refractivity contribution >= 4 is 5.78 Å². The molecule has 0 aliphatic heterocycles. The summed E-state index contributed by atoms with van der Waals surface area (Å²) in [5.74, 6) is 2.06. The van der Waals surface area contributed by atoms with Gasteiger partial charge in [-0.15, -0.1) is 0 Å². The first-order chi connectivity index (χ1) is 14.6. The van der Waals surface area contributed by atoms with Crippen LogP contribution in [0.4, 0.5) is 13.2 Å². The lowest BCUT2D eigenvalue weighted by molar-refractivity contribution is -0.282. The molecule has 7 heteroatoms.